The van der Waals surface area contributed by atoms with E-state index in [1.54, 1.807) is 52.8 Å². The molecule has 0 aromatic heterocycles. The average molecular weight is 1490 g/mol. The third-order valence-electron chi connectivity index (χ3n) is 16.3. The summed E-state index contributed by atoms with van der Waals surface area (Å²) >= 11 is 0. The SMILES string of the molecule is C/C=C(/C)C(=O)OC[C@@]12C(CC(C)(C)[C@@H](OC(=O)/C(C)=C\C)[C@@H]1O)C1=CCC3[C@@]4(C)CC[C@H](O)[C@](C)(COC(=O)/C(C)=C\C)C4CC[C@@]3(C)[C@]1(C)C[C@H]2O.CC.CC.CC.CC.CC.CC.CC.CC.CC.CC.CC.CC.CC.CC.CC.CC.CC.CC.CC.CC.CC.CC.CC.CCC. The summed E-state index contributed by atoms with van der Waals surface area (Å²) in [4.78, 5) is 39.2. The van der Waals surface area contributed by atoms with Gasteiger partial charge >= 0.3 is 17.9 Å². The zero-order valence-corrected chi connectivity index (χ0v) is 83.7. The molecule has 0 aromatic rings. The fourth-order valence-corrected chi connectivity index (χ4v) is 12.3. The zero-order valence-electron chi connectivity index (χ0n) is 83.7. The molecule has 3 unspecified atom stereocenters. The van der Waals surface area contributed by atoms with Crippen molar-refractivity contribution in [2.75, 3.05) is 13.2 Å². The van der Waals surface area contributed by atoms with E-state index in [9.17, 15) is 29.7 Å². The number of fused-ring (bicyclic) bond motifs is 7. The summed E-state index contributed by atoms with van der Waals surface area (Å²) in [5.41, 5.74) is -0.912. The van der Waals surface area contributed by atoms with E-state index in [-0.39, 0.29) is 47.8 Å². The molecule has 4 saturated carbocycles. The van der Waals surface area contributed by atoms with Gasteiger partial charge in [0.1, 0.15) is 18.8 Å². The maximum absolute atomic E-state index is 13.2. The van der Waals surface area contributed by atoms with Gasteiger partial charge in [-0.3, -0.25) is 0 Å². The maximum atomic E-state index is 13.2. The topological polar surface area (TPSA) is 140 Å². The van der Waals surface area contributed by atoms with Crippen LogP contribution in [0.15, 0.2) is 46.6 Å². The number of carbonyl (C=O) groups excluding carboxylic acids is 3. The summed E-state index contributed by atoms with van der Waals surface area (Å²) < 4.78 is 18.0. The van der Waals surface area contributed by atoms with Crippen LogP contribution in [0.4, 0.5) is 0 Å². The maximum Gasteiger partial charge on any atom is 0.333 e. The second-order valence-electron chi connectivity index (χ2n) is 20.0. The Hall–Kier alpha value is -2.75. The van der Waals surface area contributed by atoms with Crippen molar-refractivity contribution in [1.82, 2.24) is 0 Å². The Labute approximate surface area is 659 Å². The molecule has 0 bridgehead atoms. The minimum absolute atomic E-state index is 0.109. The molecule has 5 aliphatic carbocycles. The Bertz CT molecular complexity index is 1660. The van der Waals surface area contributed by atoms with Gasteiger partial charge in [0.2, 0.25) is 0 Å². The molecule has 0 radical (unpaired) electrons. The molecule has 3 N–H and O–H groups in total. The van der Waals surface area contributed by atoms with Crippen molar-refractivity contribution in [3.05, 3.63) is 46.6 Å². The highest BCUT2D eigenvalue weighted by Crippen LogP contribution is 2.76. The van der Waals surface area contributed by atoms with E-state index in [0.717, 1.165) is 25.7 Å². The van der Waals surface area contributed by atoms with Crippen LogP contribution >= 0.6 is 0 Å². The minimum atomic E-state index is -1.31. The molecule has 644 valence electrons. The van der Waals surface area contributed by atoms with Crippen LogP contribution in [0.1, 0.15) is 467 Å². The van der Waals surface area contributed by atoms with Crippen molar-refractivity contribution in [3.63, 3.8) is 0 Å². The first-order chi connectivity index (χ1) is 49.5. The van der Waals surface area contributed by atoms with Gasteiger partial charge in [-0.2, -0.15) is 0 Å². The average Bonchev–Trinajstić information content (AvgIpc) is 0.671. The van der Waals surface area contributed by atoms with Gasteiger partial charge in [-0.1, -0.05) is 410 Å². The van der Waals surface area contributed by atoms with Gasteiger partial charge in [-0.15, -0.1) is 0 Å². The first-order valence-electron chi connectivity index (χ1n) is 44.7. The summed E-state index contributed by atoms with van der Waals surface area (Å²) in [7, 11) is 0. The van der Waals surface area contributed by atoms with Crippen LogP contribution in [0.2, 0.25) is 0 Å². The van der Waals surface area contributed by atoms with Gasteiger partial charge in [0, 0.05) is 27.5 Å². The number of aliphatic hydroxyl groups is 3. The minimum Gasteiger partial charge on any atom is -0.462 e. The standard InChI is InChI=1S/C45H68O9.C3H8.23C2H6/c1-13-26(4)37(49)52-24-42(10)31-18-21-43(11)32(41(31,9)20-19-33(42)46)17-16-29-30-22-40(7,8)36(54-39(51)28(6)15-3)35(48)45(30,34(47)23-44(29,43)12)25-53-38(50)27(5)14-2;1-3-2;23*1-2/h13-16,30-36,46-48H,17-25H2,1-12H3;3H2,1-2H3;23*1-2H3/b26-13-,27-14-,28-15-;;;;;;;;;;;;;;;;;;;;;;;;/t30?,31?,32?,33-,34+,35-,36-,41-,42+,43+,44+,45-;;;;;;;;;;;;;;;;;;;;;;;;/m0......................../s1. The third kappa shape index (κ3) is 51.3. The predicted molar refractivity (Wildman–Crippen MR) is 485 cm³/mol. The van der Waals surface area contributed by atoms with Crippen LogP contribution in [0.5, 0.6) is 0 Å². The normalized spacial score (nSPS) is 24.2. The predicted octanol–water partition coefficient (Wildman–Crippen LogP) is 32.6. The van der Waals surface area contributed by atoms with Crippen LogP contribution in [0.25, 0.3) is 0 Å². The summed E-state index contributed by atoms with van der Waals surface area (Å²) in [6.45, 7) is 120. The fourth-order valence-electron chi connectivity index (χ4n) is 12.3. The lowest BCUT2D eigenvalue weighted by atomic mass is 9.33. The first-order valence-corrected chi connectivity index (χ1v) is 44.7. The second-order valence-corrected chi connectivity index (χ2v) is 20.0. The van der Waals surface area contributed by atoms with Gasteiger partial charge < -0.3 is 29.5 Å². The summed E-state index contributed by atoms with van der Waals surface area (Å²) in [6, 6.07) is 0. The highest BCUT2D eigenvalue weighted by Gasteiger charge is 2.73. The van der Waals surface area contributed by atoms with Crippen molar-refractivity contribution in [2.45, 2.75) is 491 Å². The molecular weight excluding hydrogens is 1270 g/mol. The molecule has 0 saturated heterocycles. The highest BCUT2D eigenvalue weighted by atomic mass is 16.6. The van der Waals surface area contributed by atoms with Gasteiger partial charge in [0.15, 0.2) is 0 Å². The third-order valence-corrected chi connectivity index (χ3v) is 16.3. The molecule has 12 atom stereocenters. The van der Waals surface area contributed by atoms with Crippen molar-refractivity contribution in [3.8, 4) is 0 Å². The Morgan fingerprint density at radius 3 is 1.01 bits per heavy atom. The molecule has 9 nitrogen and oxygen atoms in total. The van der Waals surface area contributed by atoms with E-state index in [1.165, 1.54) is 12.0 Å². The smallest absolute Gasteiger partial charge is 0.333 e. The summed E-state index contributed by atoms with van der Waals surface area (Å²) in [6.07, 6.45) is 9.57. The molecule has 0 heterocycles. The number of esters is 3. The monoisotopic (exact) mass is 1490 g/mol. The molecule has 5 rings (SSSR count). The molecule has 103 heavy (non-hydrogen) atoms. The lowest BCUT2D eigenvalue weighted by Crippen LogP contribution is -2.72. The number of carbonyl (C=O) groups is 3. The largest absolute Gasteiger partial charge is 0.462 e. The van der Waals surface area contributed by atoms with Crippen LogP contribution < -0.4 is 0 Å². The van der Waals surface area contributed by atoms with E-state index in [2.05, 4.69) is 47.6 Å². The van der Waals surface area contributed by atoms with Gasteiger partial charge in [0.25, 0.3) is 0 Å². The Kier molecular flexibility index (Phi) is 168. The number of aliphatic hydroxyl groups excluding tert-OH is 3. The highest BCUT2D eigenvalue weighted by molar-refractivity contribution is 5.88. The second kappa shape index (κ2) is 113. The van der Waals surface area contributed by atoms with Crippen LogP contribution in [0, 0.1) is 50.2 Å². The van der Waals surface area contributed by atoms with Gasteiger partial charge in [0.05, 0.1) is 24.2 Å². The van der Waals surface area contributed by atoms with Crippen molar-refractivity contribution in [1.29, 1.82) is 0 Å². The van der Waals surface area contributed by atoms with E-state index >= 15 is 0 Å². The van der Waals surface area contributed by atoms with Gasteiger partial charge in [-0.25, -0.2) is 14.4 Å². The van der Waals surface area contributed by atoms with Crippen molar-refractivity contribution in [2.24, 2.45) is 50.2 Å². The number of allylic oxidation sites excluding steroid dienone is 5. The number of rotatable bonds is 8. The molecule has 4 fully saturated rings. The Morgan fingerprint density at radius 1 is 0.417 bits per heavy atom. The van der Waals surface area contributed by atoms with E-state index in [0.29, 0.717) is 36.0 Å². The molecule has 0 aromatic carbocycles. The van der Waals surface area contributed by atoms with Crippen LogP contribution in [-0.4, -0.2) is 70.9 Å². The fraction of sp³-hybridized carbons (Fsp3) is 0.883. The lowest BCUT2D eigenvalue weighted by Gasteiger charge is -2.72. The Balaban J connectivity index is -0.0000000660. The lowest BCUT2D eigenvalue weighted by molar-refractivity contribution is -0.264. The molecular formula is C94H214O9. The first kappa shape index (κ1) is 153. The van der Waals surface area contributed by atoms with E-state index in [1.807, 2.05) is 339 Å². The number of hydrogen-bond acceptors (Lipinski definition) is 9. The summed E-state index contributed by atoms with van der Waals surface area (Å²) in [5.74, 6) is -1.41. The van der Waals surface area contributed by atoms with E-state index < -0.39 is 58.0 Å². The van der Waals surface area contributed by atoms with Crippen LogP contribution in [-0.2, 0) is 28.6 Å². The zero-order chi connectivity index (χ0) is 89.1. The van der Waals surface area contributed by atoms with Gasteiger partial charge in [-0.05, 0) is 120 Å². The molecule has 0 amide bonds. The van der Waals surface area contributed by atoms with Crippen LogP contribution in [0.3, 0.4) is 0 Å². The Morgan fingerprint density at radius 2 is 0.709 bits per heavy atom. The quantitative estimate of drug-likeness (QED) is 0.0938. The van der Waals surface area contributed by atoms with Crippen molar-refractivity contribution >= 4 is 17.9 Å². The summed E-state index contributed by atoms with van der Waals surface area (Å²) in [5, 5.41) is 36.8. The molecule has 0 spiro atoms. The number of ether oxygens (including phenoxy) is 3. The molecule has 5 aliphatic rings. The van der Waals surface area contributed by atoms with E-state index in [4.69, 9.17) is 14.2 Å². The van der Waals surface area contributed by atoms with Crippen molar-refractivity contribution < 1.29 is 43.9 Å². The molecule has 9 heteroatoms. The number of hydrogen-bond donors (Lipinski definition) is 3. The molecule has 0 aliphatic heterocycles.